The fraction of sp³-hybridized carbons (Fsp3) is 0.857. The SMILES string of the molecule is CCCCCCCCCCCCOC(=O)CC1C(=O)NCCN1C(=S)NC(=O)CCC1CCCCC1. The lowest BCUT2D eigenvalue weighted by atomic mass is 9.86. The van der Waals surface area contributed by atoms with Crippen molar-refractivity contribution in [3.05, 3.63) is 0 Å². The van der Waals surface area contributed by atoms with Crippen LogP contribution in [-0.2, 0) is 19.1 Å². The van der Waals surface area contributed by atoms with Crippen LogP contribution in [0.2, 0.25) is 0 Å². The second-order valence-corrected chi connectivity index (χ2v) is 10.9. The first-order valence-corrected chi connectivity index (χ1v) is 15.0. The molecular weight excluding hydrogens is 474 g/mol. The number of carbonyl (C=O) groups is 3. The van der Waals surface area contributed by atoms with Gasteiger partial charge in [0, 0.05) is 19.5 Å². The summed E-state index contributed by atoms with van der Waals surface area (Å²) in [6, 6.07) is -0.745. The lowest BCUT2D eigenvalue weighted by Crippen LogP contribution is -2.60. The molecule has 0 radical (unpaired) electrons. The van der Waals surface area contributed by atoms with Gasteiger partial charge < -0.3 is 20.3 Å². The fourth-order valence-electron chi connectivity index (χ4n) is 5.22. The summed E-state index contributed by atoms with van der Waals surface area (Å²) >= 11 is 5.45. The summed E-state index contributed by atoms with van der Waals surface area (Å²) in [5.74, 6) is -0.143. The molecule has 2 fully saturated rings. The van der Waals surface area contributed by atoms with E-state index in [9.17, 15) is 14.4 Å². The minimum atomic E-state index is -0.745. The van der Waals surface area contributed by atoms with Gasteiger partial charge >= 0.3 is 5.97 Å². The molecule has 1 atom stereocenters. The number of carbonyl (C=O) groups excluding carboxylic acids is 3. The number of amides is 2. The summed E-state index contributed by atoms with van der Waals surface area (Å²) in [4.78, 5) is 39.0. The molecule has 1 saturated carbocycles. The standard InChI is InChI=1S/C28H49N3O4S/c1-2-3-4-5-6-7-8-9-10-14-21-35-26(33)22-24-27(34)29-19-20-31(24)28(36)30-25(32)18-17-23-15-12-11-13-16-23/h23-24H,2-22H2,1H3,(H,29,34)(H,30,32,36). The summed E-state index contributed by atoms with van der Waals surface area (Å²) in [5, 5.41) is 5.81. The van der Waals surface area contributed by atoms with Gasteiger partial charge in [-0.15, -0.1) is 0 Å². The van der Waals surface area contributed by atoms with E-state index in [0.29, 0.717) is 32.0 Å². The Bertz CT molecular complexity index is 682. The highest BCUT2D eigenvalue weighted by Gasteiger charge is 2.34. The monoisotopic (exact) mass is 523 g/mol. The van der Waals surface area contributed by atoms with Crippen molar-refractivity contribution < 1.29 is 19.1 Å². The zero-order valence-electron chi connectivity index (χ0n) is 22.5. The molecule has 1 unspecified atom stereocenters. The minimum absolute atomic E-state index is 0.0678. The predicted octanol–water partition coefficient (Wildman–Crippen LogP) is 5.40. The Morgan fingerprint density at radius 1 is 1.00 bits per heavy atom. The first kappa shape index (κ1) is 30.5. The van der Waals surface area contributed by atoms with E-state index in [1.165, 1.54) is 83.5 Å². The molecule has 206 valence electrons. The van der Waals surface area contributed by atoms with Crippen LogP contribution in [0.5, 0.6) is 0 Å². The van der Waals surface area contributed by atoms with Crippen molar-refractivity contribution in [3.8, 4) is 0 Å². The van der Waals surface area contributed by atoms with Gasteiger partial charge in [-0.2, -0.15) is 0 Å². The molecule has 0 aromatic carbocycles. The zero-order valence-corrected chi connectivity index (χ0v) is 23.3. The third kappa shape index (κ3) is 12.5. The number of thiocarbonyl (C=S) groups is 1. The van der Waals surface area contributed by atoms with E-state index in [2.05, 4.69) is 17.6 Å². The van der Waals surface area contributed by atoms with Crippen molar-refractivity contribution in [1.82, 2.24) is 15.5 Å². The lowest BCUT2D eigenvalue weighted by molar-refractivity contribution is -0.147. The number of hydrogen-bond acceptors (Lipinski definition) is 5. The molecule has 1 aliphatic carbocycles. The van der Waals surface area contributed by atoms with Crippen molar-refractivity contribution in [1.29, 1.82) is 0 Å². The summed E-state index contributed by atoms with van der Waals surface area (Å²) in [6.45, 7) is 3.51. The normalized spacial score (nSPS) is 18.5. The van der Waals surface area contributed by atoms with E-state index in [4.69, 9.17) is 17.0 Å². The predicted molar refractivity (Wildman–Crippen MR) is 147 cm³/mol. The maximum absolute atomic E-state index is 12.5. The molecule has 1 aliphatic heterocycles. The van der Waals surface area contributed by atoms with Crippen LogP contribution >= 0.6 is 12.2 Å². The van der Waals surface area contributed by atoms with Gasteiger partial charge in [-0.25, -0.2) is 0 Å². The van der Waals surface area contributed by atoms with Gasteiger partial charge in [0.05, 0.1) is 13.0 Å². The second kappa shape index (κ2) is 18.5. The first-order chi connectivity index (χ1) is 17.5. The molecule has 2 rings (SSSR count). The van der Waals surface area contributed by atoms with Crippen molar-refractivity contribution in [3.63, 3.8) is 0 Å². The van der Waals surface area contributed by atoms with Gasteiger partial charge in [0.1, 0.15) is 6.04 Å². The summed E-state index contributed by atoms with van der Waals surface area (Å²) in [6.07, 6.45) is 19.7. The van der Waals surface area contributed by atoms with E-state index in [-0.39, 0.29) is 23.3 Å². The third-order valence-electron chi connectivity index (χ3n) is 7.46. The van der Waals surface area contributed by atoms with E-state index in [1.807, 2.05) is 0 Å². The summed E-state index contributed by atoms with van der Waals surface area (Å²) < 4.78 is 5.40. The van der Waals surface area contributed by atoms with Gasteiger partial charge in [-0.1, -0.05) is 96.8 Å². The number of nitrogens with zero attached hydrogens (tertiary/aromatic N) is 1. The van der Waals surface area contributed by atoms with Crippen LogP contribution in [0, 0.1) is 5.92 Å². The smallest absolute Gasteiger partial charge is 0.308 e. The van der Waals surface area contributed by atoms with Gasteiger partial charge in [-0.05, 0) is 31.0 Å². The average Bonchev–Trinajstić information content (AvgIpc) is 2.87. The van der Waals surface area contributed by atoms with Crippen molar-refractivity contribution >= 4 is 35.1 Å². The largest absolute Gasteiger partial charge is 0.466 e. The number of piperazine rings is 1. The van der Waals surface area contributed by atoms with Crippen LogP contribution < -0.4 is 10.6 Å². The minimum Gasteiger partial charge on any atom is -0.466 e. The molecule has 0 spiro atoms. The van der Waals surface area contributed by atoms with Crippen LogP contribution in [0.25, 0.3) is 0 Å². The summed E-state index contributed by atoms with van der Waals surface area (Å²) in [5.41, 5.74) is 0. The van der Waals surface area contributed by atoms with E-state index >= 15 is 0 Å². The molecule has 0 aromatic heterocycles. The zero-order chi connectivity index (χ0) is 26.0. The molecular formula is C28H49N3O4S. The Morgan fingerprint density at radius 3 is 2.31 bits per heavy atom. The molecule has 0 aromatic rings. The molecule has 2 N–H and O–H groups in total. The van der Waals surface area contributed by atoms with Gasteiger partial charge in [0.15, 0.2) is 5.11 Å². The lowest BCUT2D eigenvalue weighted by Gasteiger charge is -2.36. The molecule has 1 heterocycles. The Kier molecular flexibility index (Phi) is 15.7. The average molecular weight is 524 g/mol. The molecule has 36 heavy (non-hydrogen) atoms. The topological polar surface area (TPSA) is 87.7 Å². The maximum atomic E-state index is 12.5. The Hall–Kier alpha value is -1.70. The molecule has 2 amide bonds. The van der Waals surface area contributed by atoms with E-state index in [0.717, 1.165) is 19.3 Å². The number of esters is 1. The highest BCUT2D eigenvalue weighted by Crippen LogP contribution is 2.27. The number of hydrogen-bond donors (Lipinski definition) is 2. The van der Waals surface area contributed by atoms with Crippen LogP contribution in [-0.4, -0.2) is 53.5 Å². The second-order valence-electron chi connectivity index (χ2n) is 10.5. The fourth-order valence-corrected chi connectivity index (χ4v) is 5.55. The number of unbranched alkanes of at least 4 members (excludes halogenated alkanes) is 9. The molecule has 0 bridgehead atoms. The Morgan fingerprint density at radius 2 is 1.64 bits per heavy atom. The van der Waals surface area contributed by atoms with Crippen LogP contribution in [0.15, 0.2) is 0 Å². The highest BCUT2D eigenvalue weighted by molar-refractivity contribution is 7.80. The molecule has 8 heteroatoms. The molecule has 7 nitrogen and oxygen atoms in total. The van der Waals surface area contributed by atoms with Crippen LogP contribution in [0.4, 0.5) is 0 Å². The number of nitrogens with one attached hydrogen (secondary N) is 2. The van der Waals surface area contributed by atoms with Crippen molar-refractivity contribution in [2.45, 2.75) is 129 Å². The van der Waals surface area contributed by atoms with E-state index < -0.39 is 12.0 Å². The quantitative estimate of drug-likeness (QED) is 0.160. The molecule has 1 saturated heterocycles. The van der Waals surface area contributed by atoms with Crippen LogP contribution in [0.3, 0.4) is 0 Å². The first-order valence-electron chi connectivity index (χ1n) is 14.5. The number of ether oxygens (including phenoxy) is 1. The third-order valence-corrected chi connectivity index (χ3v) is 7.80. The van der Waals surface area contributed by atoms with Crippen molar-refractivity contribution in [2.24, 2.45) is 5.92 Å². The van der Waals surface area contributed by atoms with E-state index in [1.54, 1.807) is 4.90 Å². The van der Waals surface area contributed by atoms with Crippen LogP contribution in [0.1, 0.15) is 122 Å². The molecule has 2 aliphatic rings. The Labute approximate surface area is 223 Å². The van der Waals surface area contributed by atoms with Gasteiger partial charge in [0.25, 0.3) is 0 Å². The Balaban J connectivity index is 1.63. The maximum Gasteiger partial charge on any atom is 0.308 e. The summed E-state index contributed by atoms with van der Waals surface area (Å²) in [7, 11) is 0. The van der Waals surface area contributed by atoms with Crippen molar-refractivity contribution in [2.75, 3.05) is 19.7 Å². The van der Waals surface area contributed by atoms with Gasteiger partial charge in [0.2, 0.25) is 11.8 Å². The number of rotatable bonds is 16. The highest BCUT2D eigenvalue weighted by atomic mass is 32.1. The van der Waals surface area contributed by atoms with Gasteiger partial charge in [-0.3, -0.25) is 14.4 Å².